The fourth-order valence-corrected chi connectivity index (χ4v) is 11.0. The van der Waals surface area contributed by atoms with Crippen LogP contribution in [0.25, 0.3) is 0 Å². The summed E-state index contributed by atoms with van der Waals surface area (Å²) in [5.41, 5.74) is 2.19. The molecule has 2 aromatic carbocycles. The van der Waals surface area contributed by atoms with Crippen LogP contribution >= 0.6 is 15.9 Å². The quantitative estimate of drug-likeness (QED) is 0.126. The van der Waals surface area contributed by atoms with Gasteiger partial charge in [-0.15, -0.1) is 0 Å². The number of halogens is 1. The van der Waals surface area contributed by atoms with Crippen molar-refractivity contribution in [2.24, 2.45) is 0 Å². The van der Waals surface area contributed by atoms with E-state index >= 15 is 0 Å². The summed E-state index contributed by atoms with van der Waals surface area (Å²) < 4.78 is 34.5. The van der Waals surface area contributed by atoms with E-state index < -0.39 is 5.60 Å². The maximum atomic E-state index is 12.6. The normalized spacial score (nSPS) is 21.0. The smallest absolute Gasteiger partial charge is 0.410 e. The summed E-state index contributed by atoms with van der Waals surface area (Å²) in [7, 11) is 0. The highest BCUT2D eigenvalue weighted by atomic mass is 79.9. The van der Waals surface area contributed by atoms with Crippen LogP contribution in [-0.2, 0) is 32.2 Å². The van der Waals surface area contributed by atoms with E-state index in [4.69, 9.17) is 28.4 Å². The summed E-state index contributed by atoms with van der Waals surface area (Å²) >= 11 is 3.40. The number of aromatic nitrogens is 2. The number of nitrogens with zero attached hydrogens (tertiary/aromatic N) is 9. The molecule has 0 aliphatic carbocycles. The largest absolute Gasteiger partial charge is 0.476 e. The number of ether oxygens (including phenoxy) is 6. The van der Waals surface area contributed by atoms with Crippen molar-refractivity contribution < 1.29 is 47.6 Å². The molecule has 2 aromatic heterocycles. The summed E-state index contributed by atoms with van der Waals surface area (Å²) in [5.74, 6) is 1.22. The monoisotopic (exact) mass is 1180 g/mol. The standard InChI is InChI=1S/C30H41N5O5.C19H22BrN3O3.C11H20N2O2/c1-30(2,3)40-29(37)34-20-25-9-10-26(21-34)35(25)24-11-12-31-27(19-24)38-18-17-32-13-15-33(16-14-32)28(36)39-22-23-7-5-4-6-8-23;20-17-6-7-21-18(14-17)25-13-12-22-8-10-23(11-9-22)19(24)26-15-16-4-2-1-3-5-16;1-11(2,3)15-10(14)13-6-8-4-5-9(7-13)12-8/h4-8,11-12,19,25-26H,9-10,13-18,20-22H2,1-3H3;1-7,14H,8-13,15H2;8-9,12H,4-7H2,1-3H3. The van der Waals surface area contributed by atoms with Gasteiger partial charge in [0.25, 0.3) is 0 Å². The molecule has 0 spiro atoms. The van der Waals surface area contributed by atoms with Gasteiger partial charge in [0.05, 0.1) is 0 Å². The van der Waals surface area contributed by atoms with E-state index in [0.717, 1.165) is 86.5 Å². The van der Waals surface area contributed by atoms with Crippen LogP contribution in [-0.4, -0.2) is 204 Å². The lowest BCUT2D eigenvalue weighted by atomic mass is 10.1. The Morgan fingerprint density at radius 2 is 0.963 bits per heavy atom. The minimum atomic E-state index is -0.494. The van der Waals surface area contributed by atoms with Crippen molar-refractivity contribution in [3.8, 4) is 11.8 Å². The number of hydrogen-bond acceptors (Lipinski definition) is 16. The molecule has 4 unspecified atom stereocenters. The second kappa shape index (κ2) is 29.0. The van der Waals surface area contributed by atoms with Crippen LogP contribution in [0.5, 0.6) is 11.8 Å². The maximum Gasteiger partial charge on any atom is 0.410 e. The van der Waals surface area contributed by atoms with E-state index in [1.165, 1.54) is 12.8 Å². The predicted octanol–water partition coefficient (Wildman–Crippen LogP) is 8.54. The number of carbonyl (C=O) groups excluding carboxylic acids is 4. The number of rotatable bonds is 13. The number of piperazine rings is 4. The third-order valence-corrected chi connectivity index (χ3v) is 15.2. The molecule has 440 valence electrons. The molecule has 6 saturated heterocycles. The molecule has 4 atom stereocenters. The van der Waals surface area contributed by atoms with Gasteiger partial charge in [-0.1, -0.05) is 76.6 Å². The van der Waals surface area contributed by atoms with E-state index in [2.05, 4.69) is 45.9 Å². The maximum absolute atomic E-state index is 12.6. The highest BCUT2D eigenvalue weighted by molar-refractivity contribution is 9.10. The Balaban J connectivity index is 0.000000178. The van der Waals surface area contributed by atoms with Gasteiger partial charge in [0.1, 0.15) is 37.6 Å². The minimum absolute atomic E-state index is 0.166. The van der Waals surface area contributed by atoms with Crippen LogP contribution in [0.15, 0.2) is 102 Å². The van der Waals surface area contributed by atoms with E-state index in [1.54, 1.807) is 22.2 Å². The third-order valence-electron chi connectivity index (χ3n) is 14.7. The lowest BCUT2D eigenvalue weighted by molar-refractivity contribution is 0.0186. The van der Waals surface area contributed by atoms with Crippen molar-refractivity contribution in [1.82, 2.24) is 44.7 Å². The lowest BCUT2D eigenvalue weighted by Crippen LogP contribution is -2.56. The Bertz CT molecular complexity index is 2610. The van der Waals surface area contributed by atoms with Crippen LogP contribution in [0, 0.1) is 0 Å². The minimum Gasteiger partial charge on any atom is -0.476 e. The number of pyridine rings is 2. The zero-order valence-electron chi connectivity index (χ0n) is 48.1. The van der Waals surface area contributed by atoms with Gasteiger partial charge >= 0.3 is 24.4 Å². The summed E-state index contributed by atoms with van der Waals surface area (Å²) in [6, 6.07) is 28.7. The summed E-state index contributed by atoms with van der Waals surface area (Å²) in [6.45, 7) is 23.4. The number of amides is 4. The number of fused-ring (bicyclic) bond motifs is 4. The number of benzene rings is 2. The van der Waals surface area contributed by atoms with Crippen LogP contribution < -0.4 is 19.7 Å². The molecular weight excluding hydrogens is 1100 g/mol. The fourth-order valence-electron chi connectivity index (χ4n) is 10.7. The molecule has 4 bridgehead atoms. The molecular formula is C60H83BrN10O10. The van der Waals surface area contributed by atoms with Gasteiger partial charge in [0.2, 0.25) is 11.8 Å². The molecule has 21 heteroatoms. The Labute approximate surface area is 486 Å². The average Bonchev–Trinajstić information content (AvgIpc) is 4.08. The third kappa shape index (κ3) is 19.4. The van der Waals surface area contributed by atoms with Gasteiger partial charge in [0.15, 0.2) is 0 Å². The molecule has 6 aliphatic heterocycles. The topological polar surface area (TPSA) is 184 Å². The predicted molar refractivity (Wildman–Crippen MR) is 311 cm³/mol. The van der Waals surface area contributed by atoms with Crippen molar-refractivity contribution in [1.29, 1.82) is 0 Å². The first-order valence-electron chi connectivity index (χ1n) is 28.6. The molecule has 1 N–H and O–H groups in total. The van der Waals surface area contributed by atoms with Crippen molar-refractivity contribution in [3.63, 3.8) is 0 Å². The summed E-state index contributed by atoms with van der Waals surface area (Å²) in [6.07, 6.45) is 7.07. The van der Waals surface area contributed by atoms with Gasteiger partial charge in [-0.3, -0.25) is 9.80 Å². The van der Waals surface area contributed by atoms with Gasteiger partial charge in [-0.25, -0.2) is 29.1 Å². The summed E-state index contributed by atoms with van der Waals surface area (Å²) in [4.78, 5) is 71.8. The Hall–Kier alpha value is -6.42. The molecule has 4 amide bonds. The zero-order valence-corrected chi connectivity index (χ0v) is 49.7. The lowest BCUT2D eigenvalue weighted by Gasteiger charge is -2.42. The molecule has 0 saturated carbocycles. The molecule has 10 rings (SSSR count). The molecule has 0 radical (unpaired) electrons. The van der Waals surface area contributed by atoms with Gasteiger partial charge in [0, 0.05) is 150 Å². The van der Waals surface area contributed by atoms with E-state index in [-0.39, 0.29) is 42.1 Å². The molecule has 20 nitrogen and oxygen atoms in total. The second-order valence-electron chi connectivity index (χ2n) is 23.3. The van der Waals surface area contributed by atoms with Gasteiger partial charge in [-0.2, -0.15) is 0 Å². The second-order valence-corrected chi connectivity index (χ2v) is 24.2. The Morgan fingerprint density at radius 3 is 1.41 bits per heavy atom. The van der Waals surface area contributed by atoms with Crippen molar-refractivity contribution >= 4 is 46.0 Å². The molecule has 81 heavy (non-hydrogen) atoms. The molecule has 6 aliphatic rings. The van der Waals surface area contributed by atoms with Crippen LogP contribution in [0.2, 0.25) is 0 Å². The number of anilines is 1. The van der Waals surface area contributed by atoms with Gasteiger partial charge in [-0.05, 0) is 90.5 Å². The van der Waals surface area contributed by atoms with E-state index in [0.29, 0.717) is 89.5 Å². The Morgan fingerprint density at radius 1 is 0.531 bits per heavy atom. The number of nitrogens with one attached hydrogen (secondary N) is 1. The number of hydrogen-bond donors (Lipinski definition) is 1. The van der Waals surface area contributed by atoms with Crippen molar-refractivity contribution in [2.75, 3.05) is 110 Å². The first-order valence-corrected chi connectivity index (χ1v) is 29.4. The zero-order chi connectivity index (χ0) is 57.4. The van der Waals surface area contributed by atoms with Crippen molar-refractivity contribution in [3.05, 3.63) is 113 Å². The van der Waals surface area contributed by atoms with Crippen LogP contribution in [0.3, 0.4) is 0 Å². The summed E-state index contributed by atoms with van der Waals surface area (Å²) in [5, 5.41) is 3.49. The number of carbonyl (C=O) groups is 4. The first-order chi connectivity index (χ1) is 38.9. The van der Waals surface area contributed by atoms with E-state index in [9.17, 15) is 19.2 Å². The average molecular weight is 1180 g/mol. The first kappa shape index (κ1) is 60.7. The Kier molecular flexibility index (Phi) is 21.7. The number of likely N-dealkylation sites (tertiary alicyclic amines) is 2. The fraction of sp³-hybridized carbons (Fsp3) is 0.567. The molecule has 6 fully saturated rings. The molecule has 4 aromatic rings. The van der Waals surface area contributed by atoms with Crippen LogP contribution in [0.1, 0.15) is 78.4 Å². The molecule has 8 heterocycles. The van der Waals surface area contributed by atoms with Crippen molar-refractivity contribution in [2.45, 2.75) is 116 Å². The highest BCUT2D eigenvalue weighted by Crippen LogP contribution is 2.36. The SMILES string of the molecule is CC(C)(C)OC(=O)N1CC2CCC(C1)N2.CC(C)(C)OC(=O)N1CC2CCC(C1)N2c1ccnc(OCCN2CCN(C(=O)OCc3ccccc3)CC2)c1.O=C(OCc1ccccc1)N1CCN(CCOc2cc(Br)ccn2)CC1. The van der Waals surface area contributed by atoms with Gasteiger partial charge < -0.3 is 58.2 Å². The van der Waals surface area contributed by atoms with Crippen LogP contribution in [0.4, 0.5) is 24.9 Å². The van der Waals surface area contributed by atoms with E-state index in [1.807, 2.05) is 136 Å². The highest BCUT2D eigenvalue weighted by Gasteiger charge is 2.43.